The second-order valence-electron chi connectivity index (χ2n) is 3.63. The molecule has 3 nitrogen and oxygen atoms in total. The van der Waals surface area contributed by atoms with E-state index in [1.165, 1.54) is 11.1 Å². The second-order valence-corrected chi connectivity index (χ2v) is 3.63. The molecule has 0 atom stereocenters. The summed E-state index contributed by atoms with van der Waals surface area (Å²) in [6.07, 6.45) is 7.04. The Hall–Kier alpha value is -1.69. The summed E-state index contributed by atoms with van der Waals surface area (Å²) in [5.41, 5.74) is 3.57. The highest BCUT2D eigenvalue weighted by Gasteiger charge is 2.08. The lowest BCUT2D eigenvalue weighted by molar-refractivity contribution is -0.121. The number of rotatable bonds is 3. The lowest BCUT2D eigenvalue weighted by atomic mass is 10.2. The highest BCUT2D eigenvalue weighted by atomic mass is 16.1. The van der Waals surface area contributed by atoms with E-state index in [9.17, 15) is 4.79 Å². The van der Waals surface area contributed by atoms with Crippen molar-refractivity contribution in [3.63, 3.8) is 0 Å². The Morgan fingerprint density at radius 2 is 2.20 bits per heavy atom. The molecule has 0 aliphatic rings. The van der Waals surface area contributed by atoms with E-state index in [2.05, 4.69) is 18.2 Å². The molecular weight excluding hydrogens is 188 g/mol. The molecule has 0 spiro atoms. The van der Waals surface area contributed by atoms with E-state index in [4.69, 9.17) is 6.42 Å². The molecule has 0 bridgehead atoms. The van der Waals surface area contributed by atoms with Crippen LogP contribution in [-0.4, -0.2) is 17.0 Å². The topological polar surface area (TPSA) is 34.0 Å². The van der Waals surface area contributed by atoms with Crippen LogP contribution in [-0.2, 0) is 11.3 Å². The van der Waals surface area contributed by atoms with Crippen molar-refractivity contribution in [2.45, 2.75) is 27.3 Å². The third-order valence-corrected chi connectivity index (χ3v) is 2.62. The molecule has 1 N–H and O–H groups in total. The van der Waals surface area contributed by atoms with Crippen molar-refractivity contribution < 1.29 is 4.79 Å². The number of nitrogens with one attached hydrogen (secondary N) is 1. The molecule has 3 heteroatoms. The van der Waals surface area contributed by atoms with Crippen LogP contribution < -0.4 is 5.32 Å². The zero-order valence-corrected chi connectivity index (χ0v) is 9.42. The summed E-state index contributed by atoms with van der Waals surface area (Å²) in [7, 11) is 0. The number of carbonyl (C=O) groups is 1. The summed E-state index contributed by atoms with van der Waals surface area (Å²) >= 11 is 0. The molecule has 1 heterocycles. The van der Waals surface area contributed by atoms with Gasteiger partial charge in [0, 0.05) is 11.9 Å². The first-order valence-corrected chi connectivity index (χ1v) is 4.89. The molecule has 0 aliphatic heterocycles. The first kappa shape index (κ1) is 11.4. The Balaban J connectivity index is 2.69. The number of carbonyl (C=O) groups excluding carboxylic acids is 1. The molecule has 0 aromatic carbocycles. The van der Waals surface area contributed by atoms with Crippen LogP contribution in [0.5, 0.6) is 0 Å². The quantitative estimate of drug-likeness (QED) is 0.737. The van der Waals surface area contributed by atoms with Gasteiger partial charge in [-0.2, -0.15) is 0 Å². The Morgan fingerprint density at radius 1 is 1.53 bits per heavy atom. The van der Waals surface area contributed by atoms with E-state index in [0.29, 0.717) is 6.54 Å². The van der Waals surface area contributed by atoms with Crippen LogP contribution in [0.4, 0.5) is 0 Å². The molecule has 0 radical (unpaired) electrons. The normalized spacial score (nSPS) is 9.73. The highest BCUT2D eigenvalue weighted by molar-refractivity contribution is 5.76. The van der Waals surface area contributed by atoms with Crippen molar-refractivity contribution in [3.8, 4) is 12.3 Å². The predicted molar refractivity (Wildman–Crippen MR) is 60.5 cm³/mol. The summed E-state index contributed by atoms with van der Waals surface area (Å²) in [6.45, 7) is 6.73. The largest absolute Gasteiger partial charge is 0.344 e. The van der Waals surface area contributed by atoms with E-state index in [1.807, 2.05) is 24.6 Å². The van der Waals surface area contributed by atoms with Crippen LogP contribution in [0.15, 0.2) is 6.20 Å². The number of aromatic nitrogens is 1. The molecule has 15 heavy (non-hydrogen) atoms. The van der Waals surface area contributed by atoms with Gasteiger partial charge in [0.25, 0.3) is 0 Å². The summed E-state index contributed by atoms with van der Waals surface area (Å²) in [6, 6.07) is 0. The Labute approximate surface area is 90.5 Å². The summed E-state index contributed by atoms with van der Waals surface area (Å²) < 4.78 is 1.94. The van der Waals surface area contributed by atoms with Crippen molar-refractivity contribution >= 4 is 5.91 Å². The summed E-state index contributed by atoms with van der Waals surface area (Å²) in [4.78, 5) is 11.4. The van der Waals surface area contributed by atoms with Crippen molar-refractivity contribution in [2.24, 2.45) is 0 Å². The zero-order chi connectivity index (χ0) is 11.4. The molecule has 0 unspecified atom stereocenters. The van der Waals surface area contributed by atoms with Crippen LogP contribution in [0.2, 0.25) is 0 Å². The monoisotopic (exact) mass is 204 g/mol. The van der Waals surface area contributed by atoms with Gasteiger partial charge in [-0.05, 0) is 31.9 Å². The van der Waals surface area contributed by atoms with Gasteiger partial charge < -0.3 is 9.88 Å². The number of aryl methyl sites for hydroxylation is 1. The Bertz CT molecular complexity index is 410. The van der Waals surface area contributed by atoms with E-state index >= 15 is 0 Å². The first-order valence-electron chi connectivity index (χ1n) is 4.89. The van der Waals surface area contributed by atoms with Gasteiger partial charge >= 0.3 is 0 Å². The lowest BCUT2D eigenvalue weighted by Crippen LogP contribution is -2.27. The summed E-state index contributed by atoms with van der Waals surface area (Å²) in [5, 5.41) is 2.64. The van der Waals surface area contributed by atoms with Gasteiger partial charge in [0.15, 0.2) is 0 Å². The Kier molecular flexibility index (Phi) is 3.56. The maximum Gasteiger partial charge on any atom is 0.240 e. The van der Waals surface area contributed by atoms with Gasteiger partial charge in [0.2, 0.25) is 5.91 Å². The molecule has 0 saturated carbocycles. The second kappa shape index (κ2) is 4.70. The van der Waals surface area contributed by atoms with Crippen LogP contribution in [0.25, 0.3) is 0 Å². The van der Waals surface area contributed by atoms with Crippen molar-refractivity contribution in [1.29, 1.82) is 0 Å². The third-order valence-electron chi connectivity index (χ3n) is 2.62. The minimum Gasteiger partial charge on any atom is -0.344 e. The fraction of sp³-hybridized carbons (Fsp3) is 0.417. The molecule has 0 aliphatic carbocycles. The summed E-state index contributed by atoms with van der Waals surface area (Å²) in [5.74, 6) is 2.32. The van der Waals surface area contributed by atoms with Crippen LogP contribution >= 0.6 is 0 Å². The van der Waals surface area contributed by atoms with Gasteiger partial charge in [0.05, 0.1) is 6.54 Å². The molecular formula is C12H16N2O. The van der Waals surface area contributed by atoms with E-state index in [0.717, 1.165) is 5.69 Å². The van der Waals surface area contributed by atoms with Crippen LogP contribution in [0, 0.1) is 33.1 Å². The first-order chi connectivity index (χ1) is 7.06. The number of hydrogen-bond donors (Lipinski definition) is 1. The fourth-order valence-electron chi connectivity index (χ4n) is 1.45. The van der Waals surface area contributed by atoms with Gasteiger partial charge in [-0.1, -0.05) is 5.92 Å². The molecule has 0 saturated heterocycles. The molecule has 1 amide bonds. The van der Waals surface area contributed by atoms with Gasteiger partial charge in [-0.3, -0.25) is 4.79 Å². The predicted octanol–water partition coefficient (Wildman–Crippen LogP) is 1.16. The minimum atomic E-state index is -0.0500. The SMILES string of the molecule is C#CCNC(=O)Cn1cc(C)c(C)c1C. The van der Waals surface area contributed by atoms with Gasteiger partial charge in [-0.15, -0.1) is 6.42 Å². The number of hydrogen-bond acceptors (Lipinski definition) is 1. The van der Waals surface area contributed by atoms with E-state index < -0.39 is 0 Å². The number of amides is 1. The van der Waals surface area contributed by atoms with Gasteiger partial charge in [0.1, 0.15) is 6.54 Å². The molecule has 1 rings (SSSR count). The molecule has 1 aromatic rings. The average Bonchev–Trinajstić information content (AvgIpc) is 2.43. The fourth-order valence-corrected chi connectivity index (χ4v) is 1.45. The Morgan fingerprint density at radius 3 is 2.67 bits per heavy atom. The maximum atomic E-state index is 11.4. The molecule has 0 fully saturated rings. The van der Waals surface area contributed by atoms with Crippen molar-refractivity contribution in [1.82, 2.24) is 9.88 Å². The van der Waals surface area contributed by atoms with Crippen molar-refractivity contribution in [2.75, 3.05) is 6.54 Å². The van der Waals surface area contributed by atoms with Gasteiger partial charge in [-0.25, -0.2) is 0 Å². The smallest absolute Gasteiger partial charge is 0.240 e. The van der Waals surface area contributed by atoms with Crippen LogP contribution in [0.3, 0.4) is 0 Å². The van der Waals surface area contributed by atoms with E-state index in [-0.39, 0.29) is 12.5 Å². The number of nitrogens with zero attached hydrogens (tertiary/aromatic N) is 1. The zero-order valence-electron chi connectivity index (χ0n) is 9.42. The third kappa shape index (κ3) is 2.63. The van der Waals surface area contributed by atoms with Crippen LogP contribution in [0.1, 0.15) is 16.8 Å². The number of terminal acetylenes is 1. The standard InChI is InChI=1S/C12H16N2O/c1-5-6-13-12(15)8-14-7-9(2)10(3)11(14)4/h1,7H,6,8H2,2-4H3,(H,13,15). The minimum absolute atomic E-state index is 0.0500. The maximum absolute atomic E-state index is 11.4. The lowest BCUT2D eigenvalue weighted by Gasteiger charge is -2.05. The molecule has 1 aromatic heterocycles. The van der Waals surface area contributed by atoms with Crippen molar-refractivity contribution in [3.05, 3.63) is 23.0 Å². The molecule has 80 valence electrons. The van der Waals surface area contributed by atoms with E-state index in [1.54, 1.807) is 0 Å². The average molecular weight is 204 g/mol. The highest BCUT2D eigenvalue weighted by Crippen LogP contribution is 2.13.